The van der Waals surface area contributed by atoms with Gasteiger partial charge in [0.1, 0.15) is 5.76 Å². The van der Waals surface area contributed by atoms with Gasteiger partial charge >= 0.3 is 0 Å². The molecule has 19 heavy (non-hydrogen) atoms. The van der Waals surface area contributed by atoms with Crippen LogP contribution in [0.1, 0.15) is 25.2 Å². The van der Waals surface area contributed by atoms with Gasteiger partial charge in [0.15, 0.2) is 5.82 Å². The van der Waals surface area contributed by atoms with Crippen molar-refractivity contribution in [3.05, 3.63) is 47.7 Å². The highest BCUT2D eigenvalue weighted by atomic mass is 16.5. The first-order valence-corrected chi connectivity index (χ1v) is 6.26. The van der Waals surface area contributed by atoms with E-state index in [1.165, 1.54) is 0 Å². The number of nitrogens with one attached hydrogen (secondary N) is 1. The molecule has 1 aromatic carbocycles. The van der Waals surface area contributed by atoms with Gasteiger partial charge < -0.3 is 9.84 Å². The van der Waals surface area contributed by atoms with Gasteiger partial charge in [0, 0.05) is 11.5 Å². The molecule has 0 saturated carbocycles. The highest BCUT2D eigenvalue weighted by Gasteiger charge is 2.28. The molecule has 4 nitrogen and oxygen atoms in total. The quantitative estimate of drug-likeness (QED) is 0.916. The molecule has 0 fully saturated rings. The number of carbonyl (C=O) groups excluding carboxylic acids is 1. The van der Waals surface area contributed by atoms with Crippen LogP contribution in [0.4, 0.5) is 5.82 Å². The van der Waals surface area contributed by atoms with E-state index in [2.05, 4.69) is 10.5 Å². The number of amides is 1. The third-order valence-electron chi connectivity index (χ3n) is 2.97. The second-order valence-electron chi connectivity index (χ2n) is 5.32. The lowest BCUT2D eigenvalue weighted by Gasteiger charge is -2.22. The van der Waals surface area contributed by atoms with E-state index < -0.39 is 5.41 Å². The molecule has 0 bridgehead atoms. The molecular weight excluding hydrogens is 240 g/mol. The van der Waals surface area contributed by atoms with Crippen molar-refractivity contribution in [1.29, 1.82) is 0 Å². The number of hydrogen-bond donors (Lipinski definition) is 1. The van der Waals surface area contributed by atoms with Crippen LogP contribution in [0.25, 0.3) is 0 Å². The summed E-state index contributed by atoms with van der Waals surface area (Å²) < 4.78 is 4.93. The zero-order chi connectivity index (χ0) is 13.9. The Morgan fingerprint density at radius 1 is 1.32 bits per heavy atom. The summed E-state index contributed by atoms with van der Waals surface area (Å²) in [5, 5.41) is 6.55. The maximum atomic E-state index is 12.3. The fraction of sp³-hybridized carbons (Fsp3) is 0.333. The van der Waals surface area contributed by atoms with Gasteiger partial charge in [-0.2, -0.15) is 0 Å². The highest BCUT2D eigenvalue weighted by molar-refractivity contribution is 5.94. The Hall–Kier alpha value is -2.10. The Bertz CT molecular complexity index is 559. The molecule has 0 spiro atoms. The van der Waals surface area contributed by atoms with Crippen molar-refractivity contribution in [3.8, 4) is 0 Å². The van der Waals surface area contributed by atoms with Crippen LogP contribution in [0, 0.1) is 12.3 Å². The van der Waals surface area contributed by atoms with Crippen LogP contribution in [0.2, 0.25) is 0 Å². The SMILES string of the molecule is Cc1cc(NC(=O)C(C)(C)Cc2ccccc2)no1. The zero-order valence-electron chi connectivity index (χ0n) is 11.4. The first kappa shape index (κ1) is 13.3. The third kappa shape index (κ3) is 3.44. The summed E-state index contributed by atoms with van der Waals surface area (Å²) in [6, 6.07) is 11.7. The molecule has 1 amide bonds. The Morgan fingerprint density at radius 3 is 2.58 bits per heavy atom. The van der Waals surface area contributed by atoms with E-state index in [9.17, 15) is 4.79 Å². The Balaban J connectivity index is 2.04. The van der Waals surface area contributed by atoms with Gasteiger partial charge in [0.05, 0.1) is 0 Å². The van der Waals surface area contributed by atoms with Gasteiger partial charge in [-0.15, -0.1) is 0 Å². The van der Waals surface area contributed by atoms with Crippen LogP contribution in [0.15, 0.2) is 40.9 Å². The van der Waals surface area contributed by atoms with Gasteiger partial charge in [-0.05, 0) is 18.9 Å². The number of carbonyl (C=O) groups is 1. The molecule has 0 atom stereocenters. The molecular formula is C15H18N2O2. The zero-order valence-corrected chi connectivity index (χ0v) is 11.4. The molecule has 2 rings (SSSR count). The van der Waals surface area contributed by atoms with Crippen LogP contribution in [0.5, 0.6) is 0 Å². The first-order chi connectivity index (χ1) is 8.97. The standard InChI is InChI=1S/C15H18N2O2/c1-11-9-13(17-19-11)16-14(18)15(2,3)10-12-7-5-4-6-8-12/h4-9H,10H2,1-3H3,(H,16,17,18). The Kier molecular flexibility index (Phi) is 3.69. The van der Waals surface area contributed by atoms with Crippen molar-refractivity contribution in [2.24, 2.45) is 5.41 Å². The molecule has 0 aliphatic rings. The summed E-state index contributed by atoms with van der Waals surface area (Å²) in [6.45, 7) is 5.63. The average molecular weight is 258 g/mol. The van der Waals surface area contributed by atoms with E-state index in [4.69, 9.17) is 4.52 Å². The van der Waals surface area contributed by atoms with E-state index in [0.717, 1.165) is 5.56 Å². The molecule has 0 saturated heterocycles. The molecule has 1 aromatic heterocycles. The second-order valence-corrected chi connectivity index (χ2v) is 5.32. The smallest absolute Gasteiger partial charge is 0.231 e. The van der Waals surface area contributed by atoms with Crippen molar-refractivity contribution in [1.82, 2.24) is 5.16 Å². The predicted octanol–water partition coefficient (Wildman–Crippen LogP) is 3.19. The second kappa shape index (κ2) is 5.26. The number of aryl methyl sites for hydroxylation is 1. The lowest BCUT2D eigenvalue weighted by Crippen LogP contribution is -2.32. The molecule has 4 heteroatoms. The van der Waals surface area contributed by atoms with E-state index in [1.807, 2.05) is 44.2 Å². The van der Waals surface area contributed by atoms with E-state index in [-0.39, 0.29) is 5.91 Å². The Morgan fingerprint density at radius 2 is 2.00 bits per heavy atom. The minimum absolute atomic E-state index is 0.0651. The molecule has 1 heterocycles. The summed E-state index contributed by atoms with van der Waals surface area (Å²) in [4.78, 5) is 12.3. The van der Waals surface area contributed by atoms with Gasteiger partial charge in [0.25, 0.3) is 0 Å². The summed E-state index contributed by atoms with van der Waals surface area (Å²) in [5.74, 6) is 1.07. The van der Waals surface area contributed by atoms with E-state index in [1.54, 1.807) is 13.0 Å². The molecule has 0 aliphatic carbocycles. The minimum atomic E-state index is -0.506. The van der Waals surface area contributed by atoms with Crippen molar-refractivity contribution in [3.63, 3.8) is 0 Å². The largest absolute Gasteiger partial charge is 0.360 e. The fourth-order valence-electron chi connectivity index (χ4n) is 1.90. The summed E-state index contributed by atoms with van der Waals surface area (Å²) >= 11 is 0. The number of anilines is 1. The molecule has 100 valence electrons. The van der Waals surface area contributed by atoms with Gasteiger partial charge in [0.2, 0.25) is 5.91 Å². The summed E-state index contributed by atoms with van der Waals surface area (Å²) in [6.07, 6.45) is 0.677. The average Bonchev–Trinajstić information content (AvgIpc) is 2.75. The fourth-order valence-corrected chi connectivity index (χ4v) is 1.90. The van der Waals surface area contributed by atoms with Gasteiger partial charge in [-0.25, -0.2) is 0 Å². The van der Waals surface area contributed by atoms with Crippen LogP contribution in [-0.2, 0) is 11.2 Å². The maximum absolute atomic E-state index is 12.3. The van der Waals surface area contributed by atoms with Gasteiger partial charge in [-0.1, -0.05) is 49.3 Å². The van der Waals surface area contributed by atoms with Gasteiger partial charge in [-0.3, -0.25) is 4.79 Å². The predicted molar refractivity (Wildman–Crippen MR) is 73.8 cm³/mol. The minimum Gasteiger partial charge on any atom is -0.360 e. The normalized spacial score (nSPS) is 11.3. The van der Waals surface area contributed by atoms with E-state index in [0.29, 0.717) is 18.0 Å². The van der Waals surface area contributed by atoms with Crippen LogP contribution >= 0.6 is 0 Å². The number of hydrogen-bond acceptors (Lipinski definition) is 3. The molecule has 0 aliphatic heterocycles. The van der Waals surface area contributed by atoms with E-state index >= 15 is 0 Å². The lowest BCUT2D eigenvalue weighted by molar-refractivity contribution is -0.123. The number of benzene rings is 1. The van der Waals surface area contributed by atoms with Crippen LogP contribution < -0.4 is 5.32 Å². The molecule has 0 unspecified atom stereocenters. The van der Waals surface area contributed by atoms with Crippen molar-refractivity contribution < 1.29 is 9.32 Å². The van der Waals surface area contributed by atoms with Crippen LogP contribution in [0.3, 0.4) is 0 Å². The number of nitrogens with zero attached hydrogens (tertiary/aromatic N) is 1. The summed E-state index contributed by atoms with van der Waals surface area (Å²) in [5.41, 5.74) is 0.632. The first-order valence-electron chi connectivity index (χ1n) is 6.26. The topological polar surface area (TPSA) is 55.1 Å². The van der Waals surface area contributed by atoms with Crippen molar-refractivity contribution >= 4 is 11.7 Å². The highest BCUT2D eigenvalue weighted by Crippen LogP contribution is 2.24. The third-order valence-corrected chi connectivity index (χ3v) is 2.97. The molecule has 2 aromatic rings. The van der Waals surface area contributed by atoms with Crippen molar-refractivity contribution in [2.45, 2.75) is 27.2 Å². The molecule has 1 N–H and O–H groups in total. The lowest BCUT2D eigenvalue weighted by atomic mass is 9.85. The monoisotopic (exact) mass is 258 g/mol. The molecule has 0 radical (unpaired) electrons. The maximum Gasteiger partial charge on any atom is 0.231 e. The Labute approximate surface area is 112 Å². The summed E-state index contributed by atoms with van der Waals surface area (Å²) in [7, 11) is 0. The van der Waals surface area contributed by atoms with Crippen LogP contribution in [-0.4, -0.2) is 11.1 Å². The number of aromatic nitrogens is 1. The van der Waals surface area contributed by atoms with Crippen molar-refractivity contribution in [2.75, 3.05) is 5.32 Å². The number of rotatable bonds is 4.